The van der Waals surface area contributed by atoms with E-state index < -0.39 is 17.9 Å². The maximum Gasteiger partial charge on any atom is 0.320 e. The molecule has 6 atom stereocenters. The highest BCUT2D eigenvalue weighted by Gasteiger charge is 2.50. The van der Waals surface area contributed by atoms with Crippen LogP contribution in [0, 0.1) is 29.1 Å². The molecule has 0 amide bonds. The molecule has 0 N–H and O–H groups in total. The number of esters is 2. The molecule has 0 radical (unpaired) electrons. The molecule has 3 rings (SSSR count). The minimum atomic E-state index is -0.722. The summed E-state index contributed by atoms with van der Waals surface area (Å²) in [6.07, 6.45) is 8.59. The van der Waals surface area contributed by atoms with Gasteiger partial charge >= 0.3 is 11.9 Å². The van der Waals surface area contributed by atoms with E-state index in [-0.39, 0.29) is 6.10 Å². The Morgan fingerprint density at radius 3 is 2.92 bits per heavy atom. The summed E-state index contributed by atoms with van der Waals surface area (Å²) >= 11 is 0. The van der Waals surface area contributed by atoms with Crippen LogP contribution in [0.15, 0.2) is 12.2 Å². The van der Waals surface area contributed by atoms with Gasteiger partial charge in [-0.15, -0.1) is 0 Å². The van der Waals surface area contributed by atoms with Gasteiger partial charge in [-0.25, -0.2) is 0 Å². The van der Waals surface area contributed by atoms with Crippen molar-refractivity contribution in [1.82, 2.24) is 0 Å². The SMILES string of the molecule is C=C1CCC[C@@]2(C)C1CC[C@@H]2C(C)CCC1CC(C(=O)OC)C(=O)O1. The van der Waals surface area contributed by atoms with Gasteiger partial charge in [-0.2, -0.15) is 0 Å². The molecule has 1 heterocycles. The second-order valence-corrected chi connectivity index (χ2v) is 8.68. The molecule has 140 valence electrons. The third kappa shape index (κ3) is 3.37. The standard InChI is InChI=1S/C21H32O4/c1-13-6-5-11-21(3)17(13)9-10-18(21)14(2)7-8-15-12-16(19(22)24-4)20(23)25-15/h14-18H,1,5-12H2,2-4H3/t14?,15?,16?,17?,18-,21+/m1/s1. The molecular formula is C21H32O4. The Morgan fingerprint density at radius 1 is 1.44 bits per heavy atom. The Kier molecular flexibility index (Phi) is 5.26. The Morgan fingerprint density at radius 2 is 2.20 bits per heavy atom. The molecule has 4 nitrogen and oxygen atoms in total. The zero-order valence-corrected chi connectivity index (χ0v) is 15.9. The monoisotopic (exact) mass is 348 g/mol. The minimum absolute atomic E-state index is 0.134. The quantitative estimate of drug-likeness (QED) is 0.423. The van der Waals surface area contributed by atoms with Gasteiger partial charge in [-0.1, -0.05) is 26.0 Å². The molecule has 0 spiro atoms. The number of fused-ring (bicyclic) bond motifs is 1. The first-order chi connectivity index (χ1) is 11.9. The lowest BCUT2D eigenvalue weighted by atomic mass is 9.61. The first kappa shape index (κ1) is 18.5. The van der Waals surface area contributed by atoms with Crippen molar-refractivity contribution in [1.29, 1.82) is 0 Å². The van der Waals surface area contributed by atoms with Crippen molar-refractivity contribution in [3.63, 3.8) is 0 Å². The van der Waals surface area contributed by atoms with E-state index in [1.165, 1.54) is 44.8 Å². The maximum atomic E-state index is 11.8. The molecule has 4 heteroatoms. The van der Waals surface area contributed by atoms with Gasteiger partial charge in [0.15, 0.2) is 5.92 Å². The summed E-state index contributed by atoms with van der Waals surface area (Å²) in [5.41, 5.74) is 1.87. The number of ether oxygens (including phenoxy) is 2. The number of methoxy groups -OCH3 is 1. The predicted octanol–water partition coefficient (Wildman–Crippen LogP) is 4.28. The molecule has 1 saturated heterocycles. The second kappa shape index (κ2) is 7.13. The van der Waals surface area contributed by atoms with E-state index in [1.807, 2.05) is 0 Å². The van der Waals surface area contributed by atoms with Crippen molar-refractivity contribution in [2.75, 3.05) is 7.11 Å². The molecule has 0 bridgehead atoms. The highest BCUT2D eigenvalue weighted by molar-refractivity contribution is 5.96. The van der Waals surface area contributed by atoms with Crippen molar-refractivity contribution in [3.05, 3.63) is 12.2 Å². The molecule has 25 heavy (non-hydrogen) atoms. The lowest BCUT2D eigenvalue weighted by Crippen LogP contribution is -2.35. The summed E-state index contributed by atoms with van der Waals surface area (Å²) < 4.78 is 10.1. The predicted molar refractivity (Wildman–Crippen MR) is 95.7 cm³/mol. The minimum Gasteiger partial charge on any atom is -0.468 e. The van der Waals surface area contributed by atoms with Gasteiger partial charge in [0.25, 0.3) is 0 Å². The van der Waals surface area contributed by atoms with E-state index >= 15 is 0 Å². The average molecular weight is 348 g/mol. The van der Waals surface area contributed by atoms with Crippen molar-refractivity contribution < 1.29 is 19.1 Å². The zero-order chi connectivity index (χ0) is 18.2. The normalized spacial score (nSPS) is 39.0. The summed E-state index contributed by atoms with van der Waals surface area (Å²) in [6.45, 7) is 9.17. The lowest BCUT2D eigenvalue weighted by molar-refractivity contribution is -0.154. The van der Waals surface area contributed by atoms with Gasteiger partial charge in [0.1, 0.15) is 6.10 Å². The van der Waals surface area contributed by atoms with Crippen molar-refractivity contribution in [2.24, 2.45) is 29.1 Å². The van der Waals surface area contributed by atoms with Gasteiger partial charge in [0.05, 0.1) is 7.11 Å². The van der Waals surface area contributed by atoms with Crippen LogP contribution in [0.4, 0.5) is 0 Å². The second-order valence-electron chi connectivity index (χ2n) is 8.68. The van der Waals surface area contributed by atoms with E-state index in [2.05, 4.69) is 20.4 Å². The van der Waals surface area contributed by atoms with Crippen LogP contribution in [0.25, 0.3) is 0 Å². The first-order valence-corrected chi connectivity index (χ1v) is 9.82. The van der Waals surface area contributed by atoms with Crippen molar-refractivity contribution in [3.8, 4) is 0 Å². The summed E-state index contributed by atoms with van der Waals surface area (Å²) in [4.78, 5) is 23.4. The van der Waals surface area contributed by atoms with Crippen LogP contribution >= 0.6 is 0 Å². The molecule has 0 aromatic heterocycles. The van der Waals surface area contributed by atoms with Gasteiger partial charge < -0.3 is 9.47 Å². The van der Waals surface area contributed by atoms with Gasteiger partial charge in [-0.05, 0) is 68.1 Å². The smallest absolute Gasteiger partial charge is 0.320 e. The van der Waals surface area contributed by atoms with Crippen LogP contribution in [0.5, 0.6) is 0 Å². The fourth-order valence-corrected chi connectivity index (χ4v) is 5.91. The van der Waals surface area contributed by atoms with Crippen molar-refractivity contribution in [2.45, 2.75) is 71.3 Å². The van der Waals surface area contributed by atoms with Gasteiger partial charge in [0.2, 0.25) is 0 Å². The Hall–Kier alpha value is -1.32. The van der Waals surface area contributed by atoms with Crippen LogP contribution in [-0.4, -0.2) is 25.2 Å². The van der Waals surface area contributed by atoms with Crippen LogP contribution in [0.1, 0.15) is 65.2 Å². The number of hydrogen-bond acceptors (Lipinski definition) is 4. The van der Waals surface area contributed by atoms with Crippen LogP contribution in [0.3, 0.4) is 0 Å². The fourth-order valence-electron chi connectivity index (χ4n) is 5.91. The highest BCUT2D eigenvalue weighted by Crippen LogP contribution is 2.59. The summed E-state index contributed by atoms with van der Waals surface area (Å²) in [5, 5.41) is 0. The number of allylic oxidation sites excluding steroid dienone is 1. The van der Waals surface area contributed by atoms with Crippen molar-refractivity contribution >= 4 is 11.9 Å². The largest absolute Gasteiger partial charge is 0.468 e. The maximum absolute atomic E-state index is 11.8. The van der Waals surface area contributed by atoms with Crippen LogP contribution in [0.2, 0.25) is 0 Å². The van der Waals surface area contributed by atoms with Gasteiger partial charge in [0, 0.05) is 6.42 Å². The first-order valence-electron chi connectivity index (χ1n) is 9.82. The van der Waals surface area contributed by atoms with E-state index in [9.17, 15) is 9.59 Å². The molecule has 2 saturated carbocycles. The number of carbonyl (C=O) groups excluding carboxylic acids is 2. The number of cyclic esters (lactones) is 1. The summed E-state index contributed by atoms with van der Waals surface area (Å²) in [6, 6.07) is 0. The molecule has 3 fully saturated rings. The number of hydrogen-bond donors (Lipinski definition) is 0. The summed E-state index contributed by atoms with van der Waals surface area (Å²) in [7, 11) is 1.32. The van der Waals surface area contributed by atoms with E-state index in [4.69, 9.17) is 9.47 Å². The van der Waals surface area contributed by atoms with E-state index in [0.29, 0.717) is 23.7 Å². The Balaban J connectivity index is 1.55. The molecule has 1 aliphatic heterocycles. The molecule has 0 aromatic carbocycles. The van der Waals surface area contributed by atoms with Crippen LogP contribution < -0.4 is 0 Å². The summed E-state index contributed by atoms with van der Waals surface area (Å²) in [5.74, 6) is 0.426. The number of rotatable bonds is 5. The molecule has 3 aliphatic rings. The van der Waals surface area contributed by atoms with E-state index in [0.717, 1.165) is 18.8 Å². The molecular weight excluding hydrogens is 316 g/mol. The third-order valence-electron chi connectivity index (χ3n) is 7.30. The average Bonchev–Trinajstić information content (AvgIpc) is 3.12. The lowest BCUT2D eigenvalue weighted by Gasteiger charge is -2.44. The Bertz CT molecular complexity index is 554. The number of carbonyl (C=O) groups is 2. The fraction of sp³-hybridized carbons (Fsp3) is 0.810. The third-order valence-corrected chi connectivity index (χ3v) is 7.30. The zero-order valence-electron chi connectivity index (χ0n) is 15.9. The topological polar surface area (TPSA) is 52.6 Å². The van der Waals surface area contributed by atoms with E-state index in [1.54, 1.807) is 0 Å². The Labute approximate surface area is 151 Å². The molecule has 4 unspecified atom stereocenters. The van der Waals surface area contributed by atoms with Crippen LogP contribution in [-0.2, 0) is 19.1 Å². The van der Waals surface area contributed by atoms with Gasteiger partial charge in [-0.3, -0.25) is 9.59 Å². The molecule has 2 aliphatic carbocycles. The highest BCUT2D eigenvalue weighted by atomic mass is 16.6. The molecule has 0 aromatic rings.